The molecule has 0 spiro atoms. The molecule has 0 amide bonds. The third-order valence-corrected chi connectivity index (χ3v) is 11.4. The van der Waals surface area contributed by atoms with Crippen LogP contribution in [0.4, 0.5) is 0 Å². The van der Waals surface area contributed by atoms with E-state index in [1.807, 2.05) is 0 Å². The van der Waals surface area contributed by atoms with E-state index in [4.69, 9.17) is 9.47 Å². The van der Waals surface area contributed by atoms with Gasteiger partial charge in [-0.3, -0.25) is 9.59 Å². The van der Waals surface area contributed by atoms with Gasteiger partial charge in [0, 0.05) is 11.5 Å². The zero-order valence-corrected chi connectivity index (χ0v) is 34.2. The minimum absolute atomic E-state index is 0.112. The van der Waals surface area contributed by atoms with E-state index in [0.29, 0.717) is 37.6 Å². The van der Waals surface area contributed by atoms with E-state index in [9.17, 15) is 9.59 Å². The fourth-order valence-electron chi connectivity index (χ4n) is 4.17. The second-order valence-electron chi connectivity index (χ2n) is 12.5. The van der Waals surface area contributed by atoms with Crippen molar-refractivity contribution in [2.45, 2.75) is 179 Å². The number of esters is 2. The summed E-state index contributed by atoms with van der Waals surface area (Å²) in [5, 5.41) is 0. The van der Waals surface area contributed by atoms with Crippen LogP contribution in [0.2, 0.25) is 8.87 Å². The molecule has 0 aliphatic carbocycles. The molecule has 0 bridgehead atoms. The summed E-state index contributed by atoms with van der Waals surface area (Å²) >= 11 is 8.05. The third-order valence-electron chi connectivity index (χ3n) is 6.92. The predicted octanol–water partition coefficient (Wildman–Crippen LogP) is 11.6. The first-order valence-corrected chi connectivity index (χ1v) is 23.3. The molecule has 0 atom stereocenters. The second kappa shape index (κ2) is 42.4. The van der Waals surface area contributed by atoms with E-state index < -0.39 is 0 Å². The molecule has 4 nitrogen and oxygen atoms in total. The van der Waals surface area contributed by atoms with Gasteiger partial charge in [-0.15, -0.1) is 0 Å². The average molecular weight is 754 g/mol. The van der Waals surface area contributed by atoms with Crippen molar-refractivity contribution >= 4 is 58.3 Å². The number of unbranched alkanes of at least 4 members (excludes halogenated alkanes) is 12. The zero-order chi connectivity index (χ0) is 32.8. The van der Waals surface area contributed by atoms with Crippen molar-refractivity contribution in [2.75, 3.05) is 24.7 Å². The standard InChI is InChI=1S/2C12H24O2S.C8H17.C4H9.Sn/c2*1-11(2)7-5-3-4-6-9-14-12(13)8-10-15;1-3-5-7-8-6-4-2;1-3-4-2;/h2*11,15H,3-10H2,1-2H3;1,3-8H2,2H3;1,3-4H2,2H3;. The summed E-state index contributed by atoms with van der Waals surface area (Å²) in [6.07, 6.45) is 24.7. The first-order chi connectivity index (χ1) is 20.7. The van der Waals surface area contributed by atoms with Gasteiger partial charge in [0.1, 0.15) is 0 Å². The molecule has 0 aliphatic rings. The summed E-state index contributed by atoms with van der Waals surface area (Å²) in [4.78, 5) is 21.9. The Hall–Kier alpha value is 0.439. The molecule has 0 saturated carbocycles. The molecule has 0 N–H and O–H groups in total. The van der Waals surface area contributed by atoms with E-state index in [0.717, 1.165) is 24.7 Å². The first-order valence-electron chi connectivity index (χ1n) is 18.0. The van der Waals surface area contributed by atoms with Gasteiger partial charge in [0.05, 0.1) is 26.1 Å². The molecule has 0 heterocycles. The van der Waals surface area contributed by atoms with Crippen LogP contribution in [0.1, 0.15) is 170 Å². The molecule has 0 fully saturated rings. The Balaban J connectivity index is -0.000000560. The average Bonchev–Trinajstić information content (AvgIpc) is 2.96. The summed E-state index contributed by atoms with van der Waals surface area (Å²) < 4.78 is 13.3. The molecular weight excluding hydrogens is 679 g/mol. The number of hydrogen-bond acceptors (Lipinski definition) is 6. The molecule has 7 heteroatoms. The Morgan fingerprint density at radius 1 is 0.535 bits per heavy atom. The van der Waals surface area contributed by atoms with Crippen LogP contribution in [0.3, 0.4) is 0 Å². The number of ether oxygens (including phenoxy) is 2. The van der Waals surface area contributed by atoms with Crippen LogP contribution in [0.25, 0.3) is 0 Å². The Morgan fingerprint density at radius 3 is 1.33 bits per heavy atom. The topological polar surface area (TPSA) is 52.6 Å². The van der Waals surface area contributed by atoms with Crippen molar-refractivity contribution in [3.05, 3.63) is 0 Å². The summed E-state index contributed by atoms with van der Waals surface area (Å²) in [5.41, 5.74) is 0. The molecule has 0 unspecified atom stereocenters. The predicted molar refractivity (Wildman–Crippen MR) is 198 cm³/mol. The number of carbonyl (C=O) groups excluding carboxylic acids is 2. The molecule has 0 aromatic heterocycles. The molecule has 0 rings (SSSR count). The molecule has 0 saturated heterocycles. The molecular formula is C36H74O4S2Sn. The SMILES string of the molecule is CC(C)CCCCCCOC(=O)CCS.CC(C)CCCCCCOC(=O)CCS.CCCCCCC[CH2][Sn][CH2]CCC. The molecule has 0 aromatic carbocycles. The van der Waals surface area contributed by atoms with Crippen molar-refractivity contribution in [2.24, 2.45) is 11.8 Å². The van der Waals surface area contributed by atoms with Crippen LogP contribution < -0.4 is 0 Å². The van der Waals surface area contributed by atoms with Crippen molar-refractivity contribution in [1.29, 1.82) is 0 Å². The quantitative estimate of drug-likeness (QED) is 0.0362. The fourth-order valence-corrected chi connectivity index (χ4v) is 8.40. The monoisotopic (exact) mass is 754 g/mol. The first kappa shape index (κ1) is 47.8. The van der Waals surface area contributed by atoms with Crippen molar-refractivity contribution in [3.63, 3.8) is 0 Å². The summed E-state index contributed by atoms with van der Waals surface area (Å²) in [7, 11) is 0. The van der Waals surface area contributed by atoms with Crippen LogP contribution in [-0.4, -0.2) is 57.8 Å². The molecule has 258 valence electrons. The second-order valence-corrected chi connectivity index (χ2v) is 17.6. The number of thiol groups is 2. The van der Waals surface area contributed by atoms with Crippen LogP contribution in [0, 0.1) is 11.8 Å². The maximum atomic E-state index is 11.0. The minimum atomic E-state index is -0.118. The number of hydrogen-bond donors (Lipinski definition) is 2. The van der Waals surface area contributed by atoms with Gasteiger partial charge in [-0.2, -0.15) is 25.3 Å². The Labute approximate surface area is 291 Å². The summed E-state index contributed by atoms with van der Waals surface area (Å²) in [5.74, 6) is 2.52. The van der Waals surface area contributed by atoms with Crippen LogP contribution in [0.5, 0.6) is 0 Å². The Morgan fingerprint density at radius 2 is 0.907 bits per heavy atom. The van der Waals surface area contributed by atoms with E-state index in [1.165, 1.54) is 96.3 Å². The molecule has 43 heavy (non-hydrogen) atoms. The molecule has 0 aliphatic heterocycles. The van der Waals surface area contributed by atoms with E-state index in [-0.39, 0.29) is 33.1 Å². The van der Waals surface area contributed by atoms with Gasteiger partial charge < -0.3 is 9.47 Å². The van der Waals surface area contributed by atoms with Gasteiger partial charge in [0.15, 0.2) is 0 Å². The Kier molecular flexibility index (Phi) is 47.2. The molecule has 0 aromatic rings. The van der Waals surface area contributed by atoms with Crippen LogP contribution in [0.15, 0.2) is 0 Å². The van der Waals surface area contributed by atoms with Crippen molar-refractivity contribution < 1.29 is 19.1 Å². The van der Waals surface area contributed by atoms with E-state index in [2.05, 4.69) is 66.8 Å². The van der Waals surface area contributed by atoms with Gasteiger partial charge >= 0.3 is 107 Å². The van der Waals surface area contributed by atoms with Crippen LogP contribution >= 0.6 is 25.3 Å². The van der Waals surface area contributed by atoms with Gasteiger partial charge in [-0.05, 0) is 24.7 Å². The van der Waals surface area contributed by atoms with Gasteiger partial charge in [-0.1, -0.05) is 79.1 Å². The fraction of sp³-hybridized carbons (Fsp3) is 0.944. The summed E-state index contributed by atoms with van der Waals surface area (Å²) in [6, 6.07) is 0. The van der Waals surface area contributed by atoms with Crippen molar-refractivity contribution in [1.82, 2.24) is 0 Å². The maximum absolute atomic E-state index is 11.0. The van der Waals surface area contributed by atoms with Crippen LogP contribution in [-0.2, 0) is 19.1 Å². The third kappa shape index (κ3) is 52.3. The molecule has 2 radical (unpaired) electrons. The van der Waals surface area contributed by atoms with Gasteiger partial charge in [0.25, 0.3) is 0 Å². The zero-order valence-electron chi connectivity index (χ0n) is 29.6. The normalized spacial score (nSPS) is 10.7. The van der Waals surface area contributed by atoms with E-state index >= 15 is 0 Å². The Bertz CT molecular complexity index is 501. The summed E-state index contributed by atoms with van der Waals surface area (Å²) in [6.45, 7) is 14.8. The van der Waals surface area contributed by atoms with Crippen molar-refractivity contribution in [3.8, 4) is 0 Å². The van der Waals surface area contributed by atoms with Gasteiger partial charge in [-0.25, -0.2) is 0 Å². The van der Waals surface area contributed by atoms with E-state index in [1.54, 1.807) is 15.3 Å². The number of carbonyl (C=O) groups is 2. The van der Waals surface area contributed by atoms with Gasteiger partial charge in [0.2, 0.25) is 0 Å². The number of rotatable bonds is 28.